The van der Waals surface area contributed by atoms with E-state index in [1.165, 1.54) is 24.2 Å². The van der Waals surface area contributed by atoms with Crippen LogP contribution in [0.4, 0.5) is 0 Å². The van der Waals surface area contributed by atoms with E-state index in [1.807, 2.05) is 0 Å². The van der Waals surface area contributed by atoms with Gasteiger partial charge in [0, 0.05) is 18.0 Å². The third kappa shape index (κ3) is 5.03. The van der Waals surface area contributed by atoms with Crippen molar-refractivity contribution >= 4 is 37.3 Å². The van der Waals surface area contributed by atoms with Gasteiger partial charge < -0.3 is 5.32 Å². The number of nitrogens with one attached hydrogen (secondary N) is 2. The van der Waals surface area contributed by atoms with E-state index >= 15 is 0 Å². The SMILES string of the molecule is CCCNCc1cc(S(=O)(=O)NCC(C)C2CC2)c(Br)s1. The molecule has 0 aromatic carbocycles. The van der Waals surface area contributed by atoms with Crippen molar-refractivity contribution in [2.24, 2.45) is 11.8 Å². The van der Waals surface area contributed by atoms with Crippen molar-refractivity contribution in [3.05, 3.63) is 14.7 Å². The first-order chi connectivity index (χ1) is 9.94. The molecule has 1 aromatic rings. The van der Waals surface area contributed by atoms with E-state index in [0.717, 1.165) is 17.8 Å². The summed E-state index contributed by atoms with van der Waals surface area (Å²) < 4.78 is 28.2. The molecule has 0 amide bonds. The minimum Gasteiger partial charge on any atom is -0.312 e. The van der Waals surface area contributed by atoms with E-state index in [2.05, 4.69) is 39.8 Å². The van der Waals surface area contributed by atoms with Crippen LogP contribution in [0.25, 0.3) is 0 Å². The van der Waals surface area contributed by atoms with Gasteiger partial charge in [0.25, 0.3) is 0 Å². The van der Waals surface area contributed by atoms with Crippen molar-refractivity contribution in [1.82, 2.24) is 10.0 Å². The van der Waals surface area contributed by atoms with Crippen LogP contribution in [0.2, 0.25) is 0 Å². The van der Waals surface area contributed by atoms with Crippen LogP contribution in [-0.4, -0.2) is 21.5 Å². The van der Waals surface area contributed by atoms with Crippen molar-refractivity contribution in [3.8, 4) is 0 Å². The van der Waals surface area contributed by atoms with Gasteiger partial charge in [0.1, 0.15) is 4.90 Å². The fraction of sp³-hybridized carbons (Fsp3) is 0.714. The summed E-state index contributed by atoms with van der Waals surface area (Å²) in [5.41, 5.74) is 0. The molecular weight excluding hydrogens is 372 g/mol. The van der Waals surface area contributed by atoms with Gasteiger partial charge in [-0.25, -0.2) is 13.1 Å². The van der Waals surface area contributed by atoms with Crippen LogP contribution in [-0.2, 0) is 16.6 Å². The van der Waals surface area contributed by atoms with E-state index < -0.39 is 10.0 Å². The lowest BCUT2D eigenvalue weighted by molar-refractivity contribution is 0.492. The molecule has 0 saturated heterocycles. The van der Waals surface area contributed by atoms with Crippen LogP contribution in [0.5, 0.6) is 0 Å². The molecule has 1 heterocycles. The molecule has 0 spiro atoms. The second-order valence-corrected chi connectivity index (χ2v) is 9.88. The van der Waals surface area contributed by atoms with E-state index in [4.69, 9.17) is 0 Å². The highest BCUT2D eigenvalue weighted by molar-refractivity contribution is 9.11. The van der Waals surface area contributed by atoms with Gasteiger partial charge in [0.15, 0.2) is 0 Å². The van der Waals surface area contributed by atoms with Crippen LogP contribution in [0.3, 0.4) is 0 Å². The number of hydrogen-bond donors (Lipinski definition) is 2. The fourth-order valence-corrected chi connectivity index (χ4v) is 6.00. The molecule has 1 atom stereocenters. The second-order valence-electron chi connectivity index (χ2n) is 5.69. The van der Waals surface area contributed by atoms with E-state index in [0.29, 0.717) is 33.6 Å². The molecule has 1 aliphatic carbocycles. The maximum Gasteiger partial charge on any atom is 0.242 e. The minimum absolute atomic E-state index is 0.365. The van der Waals surface area contributed by atoms with Crippen LogP contribution >= 0.6 is 27.3 Å². The molecule has 120 valence electrons. The Bertz CT molecular complexity index is 568. The Morgan fingerprint density at radius 3 is 2.81 bits per heavy atom. The van der Waals surface area contributed by atoms with Gasteiger partial charge in [-0.2, -0.15) is 0 Å². The summed E-state index contributed by atoms with van der Waals surface area (Å²) in [6, 6.07) is 1.77. The average molecular weight is 395 g/mol. The highest BCUT2D eigenvalue weighted by Gasteiger charge is 2.29. The maximum atomic E-state index is 12.4. The van der Waals surface area contributed by atoms with Crippen molar-refractivity contribution in [3.63, 3.8) is 0 Å². The van der Waals surface area contributed by atoms with Gasteiger partial charge in [-0.1, -0.05) is 13.8 Å². The average Bonchev–Trinajstić information content (AvgIpc) is 3.20. The van der Waals surface area contributed by atoms with Gasteiger partial charge in [-0.3, -0.25) is 0 Å². The monoisotopic (exact) mass is 394 g/mol. The molecule has 1 fully saturated rings. The van der Waals surface area contributed by atoms with Gasteiger partial charge in [-0.05, 0) is 59.6 Å². The molecular formula is C14H23BrN2O2S2. The highest BCUT2D eigenvalue weighted by atomic mass is 79.9. The number of rotatable bonds is 9. The Hall–Kier alpha value is 0.0500. The van der Waals surface area contributed by atoms with Gasteiger partial charge in [0.05, 0.1) is 3.79 Å². The summed E-state index contributed by atoms with van der Waals surface area (Å²) in [5.74, 6) is 1.12. The van der Waals surface area contributed by atoms with E-state index in [-0.39, 0.29) is 0 Å². The predicted octanol–water partition coefficient (Wildman–Crippen LogP) is 3.33. The molecule has 0 bridgehead atoms. The Morgan fingerprint density at radius 1 is 1.48 bits per heavy atom. The minimum atomic E-state index is -3.42. The molecule has 0 radical (unpaired) electrons. The smallest absolute Gasteiger partial charge is 0.242 e. The Balaban J connectivity index is 1.97. The van der Waals surface area contributed by atoms with Crippen molar-refractivity contribution in [2.75, 3.05) is 13.1 Å². The Kier molecular flexibility index (Phi) is 6.25. The highest BCUT2D eigenvalue weighted by Crippen LogP contribution is 2.36. The molecule has 7 heteroatoms. The number of sulfonamides is 1. The Labute approximate surface area is 139 Å². The standard InChI is InChI=1S/C14H23BrN2O2S2/c1-3-6-16-9-12-7-13(14(15)20-12)21(18,19)17-8-10(2)11-4-5-11/h7,10-11,16-17H,3-6,8-9H2,1-2H3. The summed E-state index contributed by atoms with van der Waals surface area (Å²) >= 11 is 4.86. The largest absolute Gasteiger partial charge is 0.312 e. The zero-order valence-electron chi connectivity index (χ0n) is 12.5. The molecule has 21 heavy (non-hydrogen) atoms. The third-order valence-corrected chi connectivity index (χ3v) is 7.42. The molecule has 1 aliphatic rings. The topological polar surface area (TPSA) is 58.2 Å². The zero-order valence-corrected chi connectivity index (χ0v) is 15.7. The third-order valence-electron chi connectivity index (χ3n) is 3.74. The van der Waals surface area contributed by atoms with Crippen LogP contribution in [0.15, 0.2) is 14.7 Å². The summed E-state index contributed by atoms with van der Waals surface area (Å²) in [7, 11) is -3.42. The fourth-order valence-electron chi connectivity index (χ4n) is 2.21. The number of halogens is 1. The van der Waals surface area contributed by atoms with Gasteiger partial charge in [0.2, 0.25) is 10.0 Å². The summed E-state index contributed by atoms with van der Waals surface area (Å²) in [5, 5.41) is 3.29. The van der Waals surface area contributed by atoms with E-state index in [1.54, 1.807) is 6.07 Å². The van der Waals surface area contributed by atoms with Gasteiger partial charge in [-0.15, -0.1) is 11.3 Å². The normalized spacial score (nSPS) is 17.1. The molecule has 2 rings (SSSR count). The van der Waals surface area contributed by atoms with Crippen LogP contribution < -0.4 is 10.0 Å². The van der Waals surface area contributed by atoms with Gasteiger partial charge >= 0.3 is 0 Å². The first-order valence-electron chi connectivity index (χ1n) is 7.42. The van der Waals surface area contributed by atoms with Crippen molar-refractivity contribution < 1.29 is 8.42 Å². The lowest BCUT2D eigenvalue weighted by Crippen LogP contribution is -2.29. The van der Waals surface area contributed by atoms with Crippen LogP contribution in [0.1, 0.15) is 38.0 Å². The molecule has 1 unspecified atom stereocenters. The predicted molar refractivity (Wildman–Crippen MR) is 91.1 cm³/mol. The first kappa shape index (κ1) is 17.4. The summed E-state index contributed by atoms with van der Waals surface area (Å²) in [4.78, 5) is 1.40. The second kappa shape index (κ2) is 7.55. The molecule has 1 aromatic heterocycles. The summed E-state index contributed by atoms with van der Waals surface area (Å²) in [6.45, 7) is 6.40. The maximum absolute atomic E-state index is 12.4. The Morgan fingerprint density at radius 2 is 2.19 bits per heavy atom. The number of thiophene rings is 1. The van der Waals surface area contributed by atoms with Crippen LogP contribution in [0, 0.1) is 11.8 Å². The molecule has 4 nitrogen and oxygen atoms in total. The zero-order chi connectivity index (χ0) is 15.5. The number of hydrogen-bond acceptors (Lipinski definition) is 4. The lowest BCUT2D eigenvalue weighted by Gasteiger charge is -2.11. The molecule has 0 aliphatic heterocycles. The quantitative estimate of drug-likeness (QED) is 0.631. The molecule has 2 N–H and O–H groups in total. The first-order valence-corrected chi connectivity index (χ1v) is 10.5. The van der Waals surface area contributed by atoms with Crippen molar-refractivity contribution in [2.45, 2.75) is 44.6 Å². The van der Waals surface area contributed by atoms with E-state index in [9.17, 15) is 8.42 Å². The summed E-state index contributed by atoms with van der Waals surface area (Å²) in [6.07, 6.45) is 3.54. The lowest BCUT2D eigenvalue weighted by atomic mass is 10.1. The van der Waals surface area contributed by atoms with Crippen molar-refractivity contribution in [1.29, 1.82) is 0 Å². The molecule has 1 saturated carbocycles.